The van der Waals surface area contributed by atoms with E-state index in [1.165, 1.54) is 37.7 Å². The van der Waals surface area contributed by atoms with Gasteiger partial charge in [0, 0.05) is 18.4 Å². The first-order valence-corrected chi connectivity index (χ1v) is 6.26. The number of rotatable bonds is 5. The van der Waals surface area contributed by atoms with Crippen molar-refractivity contribution in [3.63, 3.8) is 0 Å². The molecule has 1 aromatic heterocycles. The lowest BCUT2D eigenvalue weighted by Gasteiger charge is -2.18. The van der Waals surface area contributed by atoms with Gasteiger partial charge in [0.05, 0.1) is 0 Å². The number of hydrazine groups is 1. The van der Waals surface area contributed by atoms with E-state index in [4.69, 9.17) is 5.84 Å². The Balaban J connectivity index is 1.85. The van der Waals surface area contributed by atoms with Crippen LogP contribution in [-0.2, 0) is 0 Å². The van der Waals surface area contributed by atoms with Crippen LogP contribution in [-0.4, -0.2) is 4.98 Å². The van der Waals surface area contributed by atoms with Crippen molar-refractivity contribution < 1.29 is 0 Å². The third-order valence-electron chi connectivity index (χ3n) is 3.63. The Morgan fingerprint density at radius 3 is 2.88 bits per heavy atom. The van der Waals surface area contributed by atoms with Gasteiger partial charge in [-0.3, -0.25) is 16.3 Å². The summed E-state index contributed by atoms with van der Waals surface area (Å²) < 4.78 is 0. The average molecular weight is 219 g/mol. The third-order valence-corrected chi connectivity index (χ3v) is 3.63. The predicted molar refractivity (Wildman–Crippen MR) is 65.5 cm³/mol. The highest BCUT2D eigenvalue weighted by Gasteiger charge is 2.17. The molecule has 0 saturated heterocycles. The second-order valence-corrected chi connectivity index (χ2v) is 4.73. The minimum absolute atomic E-state index is 0.259. The normalized spacial score (nSPS) is 18.8. The molecule has 0 spiro atoms. The summed E-state index contributed by atoms with van der Waals surface area (Å²) in [5.74, 6) is 6.54. The Kier molecular flexibility index (Phi) is 4.31. The SMILES string of the molecule is NNC(CCC1CCCC1)c1cccnc1. The minimum Gasteiger partial charge on any atom is -0.271 e. The largest absolute Gasteiger partial charge is 0.271 e. The van der Waals surface area contributed by atoms with Crippen molar-refractivity contribution in [2.24, 2.45) is 11.8 Å². The Hall–Kier alpha value is -0.930. The fourth-order valence-corrected chi connectivity index (χ4v) is 2.63. The standard InChI is InChI=1S/C13H21N3/c14-16-13(12-6-3-9-15-10-12)8-7-11-4-1-2-5-11/h3,6,9-11,13,16H,1-2,4-5,7-8,14H2. The highest BCUT2D eigenvalue weighted by atomic mass is 15.2. The lowest BCUT2D eigenvalue weighted by Crippen LogP contribution is -2.28. The van der Waals surface area contributed by atoms with Gasteiger partial charge in [-0.25, -0.2) is 0 Å². The van der Waals surface area contributed by atoms with Crippen LogP contribution in [0.25, 0.3) is 0 Å². The van der Waals surface area contributed by atoms with Crippen molar-refractivity contribution in [1.82, 2.24) is 10.4 Å². The highest BCUT2D eigenvalue weighted by molar-refractivity contribution is 5.13. The van der Waals surface area contributed by atoms with Gasteiger partial charge >= 0.3 is 0 Å². The van der Waals surface area contributed by atoms with E-state index in [1.807, 2.05) is 12.3 Å². The predicted octanol–water partition coefficient (Wildman–Crippen LogP) is 2.56. The molecule has 1 aliphatic carbocycles. The number of hydrogen-bond acceptors (Lipinski definition) is 3. The monoisotopic (exact) mass is 219 g/mol. The van der Waals surface area contributed by atoms with Crippen molar-refractivity contribution in [2.45, 2.75) is 44.6 Å². The number of pyridine rings is 1. The summed E-state index contributed by atoms with van der Waals surface area (Å²) in [6, 6.07) is 4.32. The molecule has 3 N–H and O–H groups in total. The molecule has 1 aliphatic rings. The summed E-state index contributed by atoms with van der Waals surface area (Å²) in [6.45, 7) is 0. The Morgan fingerprint density at radius 1 is 1.44 bits per heavy atom. The molecule has 3 nitrogen and oxygen atoms in total. The summed E-state index contributed by atoms with van der Waals surface area (Å²) in [5, 5.41) is 0. The van der Waals surface area contributed by atoms with Gasteiger partial charge in [-0.05, 0) is 30.4 Å². The average Bonchev–Trinajstić information content (AvgIpc) is 2.84. The van der Waals surface area contributed by atoms with E-state index in [0.717, 1.165) is 12.3 Å². The van der Waals surface area contributed by atoms with Crippen LogP contribution in [0, 0.1) is 5.92 Å². The zero-order chi connectivity index (χ0) is 11.2. The molecule has 1 atom stereocenters. The van der Waals surface area contributed by atoms with Crippen LogP contribution in [0.15, 0.2) is 24.5 Å². The number of nitrogens with zero attached hydrogens (tertiary/aromatic N) is 1. The van der Waals surface area contributed by atoms with Gasteiger partial charge in [0.1, 0.15) is 0 Å². The maximum Gasteiger partial charge on any atom is 0.0475 e. The molecular weight excluding hydrogens is 198 g/mol. The van der Waals surface area contributed by atoms with Gasteiger partial charge in [0.2, 0.25) is 0 Å². The number of aromatic nitrogens is 1. The van der Waals surface area contributed by atoms with Crippen molar-refractivity contribution >= 4 is 0 Å². The molecule has 1 fully saturated rings. The maximum absolute atomic E-state index is 5.61. The summed E-state index contributed by atoms with van der Waals surface area (Å²) >= 11 is 0. The number of nitrogens with two attached hydrogens (primary N) is 1. The second kappa shape index (κ2) is 5.97. The van der Waals surface area contributed by atoms with Crippen molar-refractivity contribution in [1.29, 1.82) is 0 Å². The first-order valence-electron chi connectivity index (χ1n) is 6.26. The fraction of sp³-hybridized carbons (Fsp3) is 0.615. The van der Waals surface area contributed by atoms with Crippen LogP contribution >= 0.6 is 0 Å². The lowest BCUT2D eigenvalue weighted by molar-refractivity contribution is 0.416. The Morgan fingerprint density at radius 2 is 2.25 bits per heavy atom. The molecule has 1 saturated carbocycles. The zero-order valence-corrected chi connectivity index (χ0v) is 9.73. The van der Waals surface area contributed by atoms with Gasteiger partial charge < -0.3 is 0 Å². The quantitative estimate of drug-likeness (QED) is 0.591. The van der Waals surface area contributed by atoms with Gasteiger partial charge in [-0.1, -0.05) is 31.7 Å². The summed E-state index contributed by atoms with van der Waals surface area (Å²) in [6.07, 6.45) is 11.7. The van der Waals surface area contributed by atoms with E-state index in [2.05, 4.69) is 16.5 Å². The van der Waals surface area contributed by atoms with E-state index in [-0.39, 0.29) is 6.04 Å². The number of hydrogen-bond donors (Lipinski definition) is 2. The van der Waals surface area contributed by atoms with Gasteiger partial charge in [0.25, 0.3) is 0 Å². The van der Waals surface area contributed by atoms with Crippen LogP contribution in [0.4, 0.5) is 0 Å². The van der Waals surface area contributed by atoms with Crippen LogP contribution in [0.2, 0.25) is 0 Å². The van der Waals surface area contributed by atoms with Crippen molar-refractivity contribution in [2.75, 3.05) is 0 Å². The molecule has 1 aromatic rings. The first kappa shape index (κ1) is 11.6. The Bertz CT molecular complexity index is 293. The molecule has 0 aromatic carbocycles. The highest BCUT2D eigenvalue weighted by Crippen LogP contribution is 2.31. The molecule has 0 aliphatic heterocycles. The molecule has 1 unspecified atom stereocenters. The lowest BCUT2D eigenvalue weighted by atomic mass is 9.96. The fourth-order valence-electron chi connectivity index (χ4n) is 2.63. The Labute approximate surface area is 97.4 Å². The van der Waals surface area contributed by atoms with E-state index in [1.54, 1.807) is 6.20 Å². The summed E-state index contributed by atoms with van der Waals surface area (Å²) in [7, 11) is 0. The topological polar surface area (TPSA) is 50.9 Å². The van der Waals surface area contributed by atoms with E-state index >= 15 is 0 Å². The van der Waals surface area contributed by atoms with Gasteiger partial charge in [-0.15, -0.1) is 0 Å². The minimum atomic E-state index is 0.259. The van der Waals surface area contributed by atoms with E-state index < -0.39 is 0 Å². The van der Waals surface area contributed by atoms with Gasteiger partial charge in [-0.2, -0.15) is 0 Å². The van der Waals surface area contributed by atoms with Gasteiger partial charge in [0.15, 0.2) is 0 Å². The molecule has 16 heavy (non-hydrogen) atoms. The van der Waals surface area contributed by atoms with E-state index in [9.17, 15) is 0 Å². The molecule has 1 heterocycles. The molecule has 0 bridgehead atoms. The summed E-state index contributed by atoms with van der Waals surface area (Å²) in [4.78, 5) is 4.14. The maximum atomic E-state index is 5.61. The molecule has 0 radical (unpaired) electrons. The van der Waals surface area contributed by atoms with Crippen LogP contribution in [0.3, 0.4) is 0 Å². The molecule has 2 rings (SSSR count). The van der Waals surface area contributed by atoms with Crippen molar-refractivity contribution in [3.05, 3.63) is 30.1 Å². The second-order valence-electron chi connectivity index (χ2n) is 4.73. The molecule has 88 valence electrons. The van der Waals surface area contributed by atoms with Crippen LogP contribution in [0.1, 0.15) is 50.1 Å². The molecule has 0 amide bonds. The van der Waals surface area contributed by atoms with Crippen LogP contribution in [0.5, 0.6) is 0 Å². The summed E-state index contributed by atoms with van der Waals surface area (Å²) in [5.41, 5.74) is 4.10. The smallest absolute Gasteiger partial charge is 0.0475 e. The third kappa shape index (κ3) is 3.03. The first-order chi connectivity index (χ1) is 7.90. The molecular formula is C13H21N3. The van der Waals surface area contributed by atoms with E-state index in [0.29, 0.717) is 0 Å². The molecule has 3 heteroatoms. The zero-order valence-electron chi connectivity index (χ0n) is 9.73. The van der Waals surface area contributed by atoms with Crippen molar-refractivity contribution in [3.8, 4) is 0 Å². The van der Waals surface area contributed by atoms with Crippen LogP contribution < -0.4 is 11.3 Å². The number of nitrogens with one attached hydrogen (secondary N) is 1.